The van der Waals surface area contributed by atoms with Crippen molar-refractivity contribution in [2.45, 2.75) is 16.7 Å². The Bertz CT molecular complexity index is 652. The van der Waals surface area contributed by atoms with Gasteiger partial charge >= 0.3 is 5.97 Å². The molecule has 0 bridgehead atoms. The third-order valence-electron chi connectivity index (χ3n) is 2.63. The topological polar surface area (TPSA) is 80.4 Å². The molecule has 1 N–H and O–H groups in total. The van der Waals surface area contributed by atoms with Crippen molar-refractivity contribution in [3.8, 4) is 0 Å². The van der Waals surface area contributed by atoms with Crippen LogP contribution in [0, 0.1) is 17.0 Å². The van der Waals surface area contributed by atoms with E-state index < -0.39 is 10.9 Å². The molecule has 102 valence electrons. The van der Waals surface area contributed by atoms with Crippen molar-refractivity contribution >= 4 is 23.4 Å². The maximum atomic E-state index is 11.2. The van der Waals surface area contributed by atoms with Crippen LogP contribution in [0.2, 0.25) is 0 Å². The van der Waals surface area contributed by atoms with Crippen LogP contribution in [-0.2, 0) is 0 Å². The zero-order chi connectivity index (χ0) is 14.7. The zero-order valence-electron chi connectivity index (χ0n) is 10.6. The highest BCUT2D eigenvalue weighted by molar-refractivity contribution is 7.99. The summed E-state index contributed by atoms with van der Waals surface area (Å²) in [6.45, 7) is 1.90. The molecule has 20 heavy (non-hydrogen) atoms. The SMILES string of the molecule is Cc1cccc(Sc2c(C(=O)O)cccc2[N+](=O)[O-])c1. The van der Waals surface area contributed by atoms with Crippen LogP contribution < -0.4 is 0 Å². The second-order valence-electron chi connectivity index (χ2n) is 4.13. The first-order valence-corrected chi connectivity index (χ1v) is 6.56. The molecule has 0 saturated heterocycles. The highest BCUT2D eigenvalue weighted by Crippen LogP contribution is 2.37. The van der Waals surface area contributed by atoms with Gasteiger partial charge in [-0.2, -0.15) is 0 Å². The molecule has 0 aliphatic rings. The number of carboxylic acids is 1. The van der Waals surface area contributed by atoms with Gasteiger partial charge in [0.2, 0.25) is 0 Å². The normalized spacial score (nSPS) is 10.2. The number of aryl methyl sites for hydroxylation is 1. The predicted molar refractivity (Wildman–Crippen MR) is 75.4 cm³/mol. The minimum atomic E-state index is -1.18. The van der Waals surface area contributed by atoms with Gasteiger partial charge < -0.3 is 5.11 Å². The molecule has 0 saturated carbocycles. The van der Waals surface area contributed by atoms with Crippen LogP contribution in [0.3, 0.4) is 0 Å². The Morgan fingerprint density at radius 2 is 1.95 bits per heavy atom. The van der Waals surface area contributed by atoms with Crippen LogP contribution in [0.1, 0.15) is 15.9 Å². The first-order valence-electron chi connectivity index (χ1n) is 5.74. The molecular formula is C14H11NO4S. The monoisotopic (exact) mass is 289 g/mol. The van der Waals surface area contributed by atoms with Crippen molar-refractivity contribution in [3.05, 3.63) is 63.7 Å². The Morgan fingerprint density at radius 3 is 2.55 bits per heavy atom. The Labute approximate surface area is 119 Å². The third-order valence-corrected chi connectivity index (χ3v) is 3.75. The van der Waals surface area contributed by atoms with Gasteiger partial charge in [0.15, 0.2) is 0 Å². The fraction of sp³-hybridized carbons (Fsp3) is 0.0714. The zero-order valence-corrected chi connectivity index (χ0v) is 11.4. The van der Waals surface area contributed by atoms with Crippen LogP contribution in [0.5, 0.6) is 0 Å². The van der Waals surface area contributed by atoms with Crippen molar-refractivity contribution in [1.82, 2.24) is 0 Å². The summed E-state index contributed by atoms with van der Waals surface area (Å²) in [4.78, 5) is 22.6. The molecule has 0 amide bonds. The first-order chi connectivity index (χ1) is 9.49. The second kappa shape index (κ2) is 5.75. The lowest BCUT2D eigenvalue weighted by atomic mass is 10.2. The molecule has 0 radical (unpaired) electrons. The molecule has 0 spiro atoms. The van der Waals surface area contributed by atoms with Gasteiger partial charge in [-0.1, -0.05) is 35.5 Å². The molecule has 6 heteroatoms. The van der Waals surface area contributed by atoms with Crippen LogP contribution >= 0.6 is 11.8 Å². The number of hydrogen-bond donors (Lipinski definition) is 1. The molecular weight excluding hydrogens is 278 g/mol. The van der Waals surface area contributed by atoms with E-state index in [0.717, 1.165) is 22.2 Å². The summed E-state index contributed by atoms with van der Waals surface area (Å²) in [5.41, 5.74) is 0.743. The Hall–Kier alpha value is -2.34. The lowest BCUT2D eigenvalue weighted by Gasteiger charge is -2.07. The summed E-state index contributed by atoms with van der Waals surface area (Å²) in [5.74, 6) is -1.18. The number of carbonyl (C=O) groups is 1. The number of nitrogens with zero attached hydrogens (tertiary/aromatic N) is 1. The second-order valence-corrected chi connectivity index (χ2v) is 5.22. The molecule has 2 aromatic rings. The van der Waals surface area contributed by atoms with Gasteiger partial charge in [-0.25, -0.2) is 4.79 Å². The number of nitro benzene ring substituents is 1. The quantitative estimate of drug-likeness (QED) is 0.684. The smallest absolute Gasteiger partial charge is 0.337 e. The summed E-state index contributed by atoms with van der Waals surface area (Å²) < 4.78 is 0. The van der Waals surface area contributed by atoms with Crippen molar-refractivity contribution < 1.29 is 14.8 Å². The van der Waals surface area contributed by atoms with E-state index in [1.807, 2.05) is 25.1 Å². The summed E-state index contributed by atoms with van der Waals surface area (Å²) >= 11 is 1.09. The van der Waals surface area contributed by atoms with Gasteiger partial charge in [0, 0.05) is 11.0 Å². The molecule has 5 nitrogen and oxygen atoms in total. The average molecular weight is 289 g/mol. The third kappa shape index (κ3) is 2.97. The first kappa shape index (κ1) is 14.1. The maximum absolute atomic E-state index is 11.2. The summed E-state index contributed by atoms with van der Waals surface area (Å²) in [7, 11) is 0. The van der Waals surface area contributed by atoms with Crippen LogP contribution in [0.4, 0.5) is 5.69 Å². The lowest BCUT2D eigenvalue weighted by Crippen LogP contribution is -2.02. The van der Waals surface area contributed by atoms with E-state index in [2.05, 4.69) is 0 Å². The van der Waals surface area contributed by atoms with E-state index in [1.54, 1.807) is 6.07 Å². The molecule has 0 fully saturated rings. The standard InChI is InChI=1S/C14H11NO4S/c1-9-4-2-5-10(8-9)20-13-11(14(16)17)6-3-7-12(13)15(18)19/h2-8H,1H3,(H,16,17). The van der Waals surface area contributed by atoms with Crippen LogP contribution in [-0.4, -0.2) is 16.0 Å². The van der Waals surface area contributed by atoms with Crippen LogP contribution in [0.15, 0.2) is 52.3 Å². The molecule has 0 unspecified atom stereocenters. The van der Waals surface area contributed by atoms with E-state index in [-0.39, 0.29) is 16.1 Å². The molecule has 0 aromatic heterocycles. The summed E-state index contributed by atoms with van der Waals surface area (Å²) in [6.07, 6.45) is 0. The van der Waals surface area contributed by atoms with Crippen molar-refractivity contribution in [2.24, 2.45) is 0 Å². The van der Waals surface area contributed by atoms with Crippen molar-refractivity contribution in [3.63, 3.8) is 0 Å². The van der Waals surface area contributed by atoms with Gasteiger partial charge in [0.1, 0.15) is 4.90 Å². The Morgan fingerprint density at radius 1 is 1.25 bits per heavy atom. The van der Waals surface area contributed by atoms with Crippen LogP contribution in [0.25, 0.3) is 0 Å². The van der Waals surface area contributed by atoms with Gasteiger partial charge in [0.05, 0.1) is 10.5 Å². The number of rotatable bonds is 4. The highest BCUT2D eigenvalue weighted by Gasteiger charge is 2.22. The van der Waals surface area contributed by atoms with Gasteiger partial charge in [-0.3, -0.25) is 10.1 Å². The van der Waals surface area contributed by atoms with Crippen molar-refractivity contribution in [1.29, 1.82) is 0 Å². The van der Waals surface area contributed by atoms with E-state index in [9.17, 15) is 14.9 Å². The molecule has 2 aromatic carbocycles. The molecule has 0 aliphatic carbocycles. The van der Waals surface area contributed by atoms with Gasteiger partial charge in [0.25, 0.3) is 5.69 Å². The number of carboxylic acid groups (broad SMARTS) is 1. The minimum Gasteiger partial charge on any atom is -0.478 e. The Kier molecular flexibility index (Phi) is 4.05. The molecule has 0 atom stereocenters. The summed E-state index contributed by atoms with van der Waals surface area (Å²) in [5, 5.41) is 20.2. The number of aromatic carboxylic acids is 1. The fourth-order valence-corrected chi connectivity index (χ4v) is 2.88. The molecule has 2 rings (SSSR count). The van der Waals surface area contributed by atoms with Gasteiger partial charge in [-0.05, 0) is 25.1 Å². The summed E-state index contributed by atoms with van der Waals surface area (Å²) in [6, 6.07) is 11.4. The fourth-order valence-electron chi connectivity index (χ4n) is 1.74. The number of benzene rings is 2. The largest absolute Gasteiger partial charge is 0.478 e. The average Bonchev–Trinajstić information content (AvgIpc) is 2.38. The number of nitro groups is 1. The van der Waals surface area contributed by atoms with E-state index >= 15 is 0 Å². The van der Waals surface area contributed by atoms with E-state index in [4.69, 9.17) is 5.11 Å². The van der Waals surface area contributed by atoms with E-state index in [0.29, 0.717) is 0 Å². The molecule has 0 aliphatic heterocycles. The Balaban J connectivity index is 2.53. The molecule has 0 heterocycles. The van der Waals surface area contributed by atoms with Crippen molar-refractivity contribution in [2.75, 3.05) is 0 Å². The van der Waals surface area contributed by atoms with E-state index in [1.165, 1.54) is 18.2 Å². The highest BCUT2D eigenvalue weighted by atomic mass is 32.2. The lowest BCUT2D eigenvalue weighted by molar-refractivity contribution is -0.387. The number of hydrogen-bond acceptors (Lipinski definition) is 4. The van der Waals surface area contributed by atoms with Gasteiger partial charge in [-0.15, -0.1) is 0 Å². The predicted octanol–water partition coefficient (Wildman–Crippen LogP) is 3.75. The maximum Gasteiger partial charge on any atom is 0.337 e. The minimum absolute atomic E-state index is 0.0642.